The monoisotopic (exact) mass is 479 g/mol. The van der Waals surface area contributed by atoms with Crippen LogP contribution in [-0.4, -0.2) is 54.0 Å². The highest BCUT2D eigenvalue weighted by Gasteiger charge is 2.21. The third-order valence-electron chi connectivity index (χ3n) is 4.83. The number of likely N-dealkylation sites (N-methyl/N-ethyl adjacent to an activating group) is 1. The van der Waals surface area contributed by atoms with E-state index in [2.05, 4.69) is 37.1 Å². The maximum absolute atomic E-state index is 13.2. The van der Waals surface area contributed by atoms with E-state index < -0.39 is 0 Å². The molecule has 3 rings (SSSR count). The summed E-state index contributed by atoms with van der Waals surface area (Å²) in [4.78, 5) is 24.4. The first-order valence-electron chi connectivity index (χ1n) is 9.89. The quantitative estimate of drug-likeness (QED) is 0.326. The predicted molar refractivity (Wildman–Crippen MR) is 134 cm³/mol. The van der Waals surface area contributed by atoms with Crippen molar-refractivity contribution >= 4 is 67.7 Å². The summed E-state index contributed by atoms with van der Waals surface area (Å²) in [5.74, 6) is 0.442. The summed E-state index contributed by atoms with van der Waals surface area (Å²) >= 11 is 10.8. The lowest BCUT2D eigenvalue weighted by Crippen LogP contribution is -2.39. The summed E-state index contributed by atoms with van der Waals surface area (Å²) in [7, 11) is 0. The molecule has 0 aliphatic heterocycles. The average molecular weight is 480 g/mol. The fraction of sp³-hybridized carbons (Fsp3) is 0.364. The van der Waals surface area contributed by atoms with Gasteiger partial charge in [0.1, 0.15) is 0 Å². The standard InChI is InChI=1S/C22H26ClN3OS3/c1-4-25(5-2)12-13-26(21(27)15-29-17-8-6-16(23)7-9-17)22-24-19-11-10-18(28-3)14-20(19)30-22/h6-11,14H,4-5,12-13,15H2,1-3H3. The number of amides is 1. The largest absolute Gasteiger partial charge is 0.302 e. The van der Waals surface area contributed by atoms with Gasteiger partial charge in [-0.1, -0.05) is 36.8 Å². The van der Waals surface area contributed by atoms with Crippen molar-refractivity contribution in [1.82, 2.24) is 9.88 Å². The Hall–Kier alpha value is -1.25. The van der Waals surface area contributed by atoms with E-state index in [1.807, 2.05) is 35.2 Å². The highest BCUT2D eigenvalue weighted by molar-refractivity contribution is 8.00. The number of aromatic nitrogens is 1. The molecule has 0 aliphatic carbocycles. The zero-order valence-corrected chi connectivity index (χ0v) is 20.6. The highest BCUT2D eigenvalue weighted by Crippen LogP contribution is 2.32. The van der Waals surface area contributed by atoms with Gasteiger partial charge in [-0.05, 0) is 61.8 Å². The highest BCUT2D eigenvalue weighted by atomic mass is 35.5. The smallest absolute Gasteiger partial charge is 0.239 e. The molecule has 1 aromatic heterocycles. The molecule has 0 aliphatic rings. The Bertz CT molecular complexity index is 973. The van der Waals surface area contributed by atoms with Gasteiger partial charge in [0.2, 0.25) is 5.91 Å². The Morgan fingerprint density at radius 1 is 1.07 bits per heavy atom. The van der Waals surface area contributed by atoms with Crippen LogP contribution in [0, 0.1) is 0 Å². The first kappa shape index (κ1) is 23.4. The van der Waals surface area contributed by atoms with Crippen molar-refractivity contribution in [1.29, 1.82) is 0 Å². The zero-order chi connectivity index (χ0) is 21.5. The Labute approximate surface area is 196 Å². The van der Waals surface area contributed by atoms with Gasteiger partial charge in [-0.15, -0.1) is 23.5 Å². The molecule has 4 nitrogen and oxygen atoms in total. The minimum absolute atomic E-state index is 0.0752. The van der Waals surface area contributed by atoms with Crippen LogP contribution in [0.2, 0.25) is 5.02 Å². The molecule has 0 saturated heterocycles. The van der Waals surface area contributed by atoms with E-state index in [0.717, 1.165) is 39.9 Å². The number of carbonyl (C=O) groups is 1. The first-order valence-corrected chi connectivity index (χ1v) is 13.3. The van der Waals surface area contributed by atoms with Crippen molar-refractivity contribution in [3.8, 4) is 0 Å². The van der Waals surface area contributed by atoms with Gasteiger partial charge in [0, 0.05) is 27.9 Å². The van der Waals surface area contributed by atoms with E-state index >= 15 is 0 Å². The maximum Gasteiger partial charge on any atom is 0.239 e. The van der Waals surface area contributed by atoms with Gasteiger partial charge in [-0.2, -0.15) is 0 Å². The Balaban J connectivity index is 1.79. The number of anilines is 1. The lowest BCUT2D eigenvalue weighted by molar-refractivity contribution is -0.116. The third kappa shape index (κ3) is 6.14. The van der Waals surface area contributed by atoms with E-state index in [9.17, 15) is 4.79 Å². The molecule has 3 aromatic rings. The number of benzene rings is 2. The fourth-order valence-corrected chi connectivity index (χ4v) is 5.46. The van der Waals surface area contributed by atoms with Crippen LogP contribution in [-0.2, 0) is 4.79 Å². The van der Waals surface area contributed by atoms with Gasteiger partial charge in [-0.25, -0.2) is 4.98 Å². The van der Waals surface area contributed by atoms with Gasteiger partial charge in [0.25, 0.3) is 0 Å². The lowest BCUT2D eigenvalue weighted by Gasteiger charge is -2.24. The summed E-state index contributed by atoms with van der Waals surface area (Å²) in [6.45, 7) is 7.69. The number of nitrogens with zero attached hydrogens (tertiary/aromatic N) is 3. The Morgan fingerprint density at radius 2 is 1.77 bits per heavy atom. The van der Waals surface area contributed by atoms with Gasteiger partial charge < -0.3 is 4.90 Å². The van der Waals surface area contributed by atoms with Crippen LogP contribution >= 0.6 is 46.5 Å². The summed E-state index contributed by atoms with van der Waals surface area (Å²) in [5.41, 5.74) is 0.943. The molecule has 0 saturated carbocycles. The molecule has 8 heteroatoms. The summed E-state index contributed by atoms with van der Waals surface area (Å²) in [5, 5.41) is 1.47. The van der Waals surface area contributed by atoms with Gasteiger partial charge in [-0.3, -0.25) is 9.69 Å². The number of carbonyl (C=O) groups excluding carboxylic acids is 1. The summed E-state index contributed by atoms with van der Waals surface area (Å²) < 4.78 is 1.11. The maximum atomic E-state index is 13.2. The number of hydrogen-bond donors (Lipinski definition) is 0. The van der Waals surface area contributed by atoms with Gasteiger partial charge >= 0.3 is 0 Å². The van der Waals surface area contributed by atoms with Crippen molar-refractivity contribution in [3.05, 3.63) is 47.5 Å². The lowest BCUT2D eigenvalue weighted by atomic mass is 10.3. The number of thiazole rings is 1. The second-order valence-corrected chi connectivity index (χ2v) is 10.0. The second-order valence-electron chi connectivity index (χ2n) is 6.64. The number of hydrogen-bond acceptors (Lipinski definition) is 6. The Kier molecular flexibility index (Phi) is 8.89. The molecule has 2 aromatic carbocycles. The molecule has 160 valence electrons. The molecule has 1 heterocycles. The number of rotatable bonds is 10. The van der Waals surface area contributed by atoms with Crippen LogP contribution in [0.15, 0.2) is 52.3 Å². The van der Waals surface area contributed by atoms with Crippen LogP contribution < -0.4 is 4.90 Å². The molecule has 0 unspecified atom stereocenters. The minimum atomic E-state index is 0.0752. The molecule has 1 amide bonds. The van der Waals surface area contributed by atoms with Crippen LogP contribution in [0.25, 0.3) is 10.2 Å². The topological polar surface area (TPSA) is 36.4 Å². The molecular weight excluding hydrogens is 454 g/mol. The molecule has 30 heavy (non-hydrogen) atoms. The molecule has 0 radical (unpaired) electrons. The van der Waals surface area contributed by atoms with Gasteiger partial charge in [0.05, 0.1) is 16.0 Å². The van der Waals surface area contributed by atoms with Crippen LogP contribution in [0.1, 0.15) is 13.8 Å². The van der Waals surface area contributed by atoms with Crippen molar-refractivity contribution < 1.29 is 4.79 Å². The van der Waals surface area contributed by atoms with Crippen LogP contribution in [0.3, 0.4) is 0 Å². The van der Waals surface area contributed by atoms with Gasteiger partial charge in [0.15, 0.2) is 5.13 Å². The van der Waals surface area contributed by atoms with Crippen molar-refractivity contribution in [3.63, 3.8) is 0 Å². The molecule has 0 fully saturated rings. The average Bonchev–Trinajstić information content (AvgIpc) is 3.19. The van der Waals surface area contributed by atoms with Crippen molar-refractivity contribution in [2.75, 3.05) is 43.1 Å². The molecule has 0 spiro atoms. The van der Waals surface area contributed by atoms with Crippen molar-refractivity contribution in [2.45, 2.75) is 23.6 Å². The summed E-state index contributed by atoms with van der Waals surface area (Å²) in [6, 6.07) is 13.9. The van der Waals surface area contributed by atoms with E-state index in [1.165, 1.54) is 16.7 Å². The van der Waals surface area contributed by atoms with E-state index in [1.54, 1.807) is 23.1 Å². The van der Waals surface area contributed by atoms with E-state index in [4.69, 9.17) is 16.6 Å². The number of fused-ring (bicyclic) bond motifs is 1. The second kappa shape index (κ2) is 11.4. The predicted octanol–water partition coefficient (Wildman–Crippen LogP) is 6.14. The molecule has 0 N–H and O–H groups in total. The first-order chi connectivity index (χ1) is 14.5. The SMILES string of the molecule is CCN(CC)CCN(C(=O)CSc1ccc(Cl)cc1)c1nc2ccc(SC)cc2s1. The Morgan fingerprint density at radius 3 is 2.43 bits per heavy atom. The van der Waals surface area contributed by atoms with E-state index in [0.29, 0.717) is 17.3 Å². The minimum Gasteiger partial charge on any atom is -0.302 e. The molecular formula is C22H26ClN3OS3. The van der Waals surface area contributed by atoms with Crippen LogP contribution in [0.4, 0.5) is 5.13 Å². The molecule has 0 atom stereocenters. The number of halogens is 1. The zero-order valence-electron chi connectivity index (χ0n) is 17.4. The van der Waals surface area contributed by atoms with Crippen LogP contribution in [0.5, 0.6) is 0 Å². The molecule has 0 bridgehead atoms. The normalized spacial score (nSPS) is 11.4. The fourth-order valence-electron chi connectivity index (χ4n) is 3.00. The van der Waals surface area contributed by atoms with E-state index in [-0.39, 0.29) is 5.91 Å². The summed E-state index contributed by atoms with van der Waals surface area (Å²) in [6.07, 6.45) is 2.07. The third-order valence-corrected chi connectivity index (χ3v) is 7.84. The number of thioether (sulfide) groups is 2. The van der Waals surface area contributed by atoms with Crippen molar-refractivity contribution in [2.24, 2.45) is 0 Å².